The number of methoxy groups -OCH3 is 1. The second-order valence-corrected chi connectivity index (χ2v) is 5.44. The summed E-state index contributed by atoms with van der Waals surface area (Å²) in [6.45, 7) is 2.23. The van der Waals surface area contributed by atoms with Crippen molar-refractivity contribution in [3.63, 3.8) is 0 Å². The molecule has 0 radical (unpaired) electrons. The Hall–Kier alpha value is -2.63. The molecule has 1 fully saturated rings. The lowest BCUT2D eigenvalue weighted by Gasteiger charge is -2.21. The quantitative estimate of drug-likeness (QED) is 0.791. The maximum Gasteiger partial charge on any atom is 0.414 e. The molecule has 2 aromatic rings. The maximum atomic E-state index is 12.9. The monoisotopic (exact) mass is 314 g/mol. The minimum atomic E-state index is -0.500. The highest BCUT2D eigenvalue weighted by molar-refractivity contribution is 6.14. The van der Waals surface area contributed by atoms with Gasteiger partial charge >= 0.3 is 6.09 Å². The molecule has 1 amide bonds. The summed E-state index contributed by atoms with van der Waals surface area (Å²) in [5.74, 6) is 0.739. The number of hydrogen-bond donors (Lipinski definition) is 0. The number of carbonyl (C=O) groups excluding carboxylic acids is 2. The Balaban J connectivity index is 2.01. The predicted octanol–water partition coefficient (Wildman–Crippen LogP) is 3.38. The molecule has 1 aliphatic carbocycles. The lowest BCUT2D eigenvalue weighted by Crippen LogP contribution is -2.31. The summed E-state index contributed by atoms with van der Waals surface area (Å²) >= 11 is 0. The topological polar surface area (TPSA) is 72.6 Å². The molecule has 0 N–H and O–H groups in total. The molecule has 23 heavy (non-hydrogen) atoms. The number of amides is 1. The summed E-state index contributed by atoms with van der Waals surface area (Å²) in [5.41, 5.74) is 1.43. The van der Waals surface area contributed by atoms with Crippen LogP contribution in [0.2, 0.25) is 0 Å². The van der Waals surface area contributed by atoms with Crippen LogP contribution in [0.1, 0.15) is 47.4 Å². The second-order valence-electron chi connectivity index (χ2n) is 5.44. The summed E-state index contributed by atoms with van der Waals surface area (Å²) in [6, 6.07) is 6.99. The normalized spacial score (nSPS) is 13.7. The molecule has 0 aliphatic heterocycles. The number of ether oxygens (including phenoxy) is 1. The molecule has 0 atom stereocenters. The SMILES string of the molecule is CCN(C(=O)OC)c1ccccc1C(=O)c1cnoc1C1CC1. The van der Waals surface area contributed by atoms with E-state index >= 15 is 0 Å². The second kappa shape index (κ2) is 6.24. The van der Waals surface area contributed by atoms with Gasteiger partial charge in [0.25, 0.3) is 0 Å². The number of ketones is 1. The van der Waals surface area contributed by atoms with E-state index in [-0.39, 0.29) is 11.7 Å². The van der Waals surface area contributed by atoms with Gasteiger partial charge in [-0.25, -0.2) is 4.79 Å². The highest BCUT2D eigenvalue weighted by Crippen LogP contribution is 2.42. The van der Waals surface area contributed by atoms with Gasteiger partial charge in [0.15, 0.2) is 11.5 Å². The third-order valence-corrected chi connectivity index (χ3v) is 3.94. The van der Waals surface area contributed by atoms with Crippen LogP contribution >= 0.6 is 0 Å². The van der Waals surface area contributed by atoms with E-state index in [4.69, 9.17) is 9.26 Å². The number of anilines is 1. The summed E-state index contributed by atoms with van der Waals surface area (Å²) in [6.07, 6.45) is 2.99. The highest BCUT2D eigenvalue weighted by atomic mass is 16.5. The van der Waals surface area contributed by atoms with Gasteiger partial charge in [0.05, 0.1) is 24.6 Å². The van der Waals surface area contributed by atoms with Gasteiger partial charge in [0.2, 0.25) is 0 Å². The Morgan fingerprint density at radius 1 is 1.30 bits per heavy atom. The number of para-hydroxylation sites is 1. The van der Waals surface area contributed by atoms with Gasteiger partial charge in [-0.15, -0.1) is 0 Å². The Morgan fingerprint density at radius 2 is 2.04 bits per heavy atom. The fourth-order valence-corrected chi connectivity index (χ4v) is 2.61. The van der Waals surface area contributed by atoms with Gasteiger partial charge in [-0.2, -0.15) is 0 Å². The first kappa shape index (κ1) is 15.3. The molecule has 1 aromatic carbocycles. The van der Waals surface area contributed by atoms with Crippen molar-refractivity contribution in [2.75, 3.05) is 18.6 Å². The zero-order valence-electron chi connectivity index (χ0n) is 13.1. The van der Waals surface area contributed by atoms with Gasteiger partial charge in [-0.3, -0.25) is 9.69 Å². The van der Waals surface area contributed by atoms with Crippen molar-refractivity contribution in [2.45, 2.75) is 25.7 Å². The predicted molar refractivity (Wildman–Crippen MR) is 83.8 cm³/mol. The zero-order chi connectivity index (χ0) is 16.4. The van der Waals surface area contributed by atoms with E-state index in [0.717, 1.165) is 12.8 Å². The van der Waals surface area contributed by atoms with Gasteiger partial charge in [-0.05, 0) is 31.9 Å². The minimum absolute atomic E-state index is 0.189. The van der Waals surface area contributed by atoms with Crippen LogP contribution in [-0.4, -0.2) is 30.7 Å². The Kier molecular flexibility index (Phi) is 4.14. The molecule has 3 rings (SSSR count). The first-order valence-corrected chi connectivity index (χ1v) is 7.61. The number of nitrogens with zero attached hydrogens (tertiary/aromatic N) is 2. The van der Waals surface area contributed by atoms with Crippen LogP contribution < -0.4 is 4.90 Å². The molecular weight excluding hydrogens is 296 g/mol. The molecule has 1 heterocycles. The van der Waals surface area contributed by atoms with Crippen LogP contribution in [0.15, 0.2) is 35.0 Å². The molecule has 0 unspecified atom stereocenters. The minimum Gasteiger partial charge on any atom is -0.452 e. The average Bonchev–Trinajstić information content (AvgIpc) is 3.32. The van der Waals surface area contributed by atoms with Crippen LogP contribution in [-0.2, 0) is 4.74 Å². The first-order valence-electron chi connectivity index (χ1n) is 7.61. The van der Waals surface area contributed by atoms with Crippen molar-refractivity contribution in [1.29, 1.82) is 0 Å². The van der Waals surface area contributed by atoms with Crippen molar-refractivity contribution in [2.24, 2.45) is 0 Å². The fraction of sp³-hybridized carbons (Fsp3) is 0.353. The van der Waals surface area contributed by atoms with Crippen molar-refractivity contribution in [3.8, 4) is 0 Å². The van der Waals surface area contributed by atoms with Crippen LogP contribution in [0.5, 0.6) is 0 Å². The fourth-order valence-electron chi connectivity index (χ4n) is 2.61. The van der Waals surface area contributed by atoms with Gasteiger partial charge < -0.3 is 9.26 Å². The van der Waals surface area contributed by atoms with Crippen LogP contribution in [0, 0.1) is 0 Å². The summed E-state index contributed by atoms with van der Waals surface area (Å²) in [7, 11) is 1.32. The highest BCUT2D eigenvalue weighted by Gasteiger charge is 2.33. The average molecular weight is 314 g/mol. The van der Waals surface area contributed by atoms with Gasteiger partial charge in [0, 0.05) is 18.0 Å². The summed E-state index contributed by atoms with van der Waals surface area (Å²) in [5, 5.41) is 3.77. The smallest absolute Gasteiger partial charge is 0.414 e. The number of aromatic nitrogens is 1. The van der Waals surface area contributed by atoms with Gasteiger partial charge in [-0.1, -0.05) is 17.3 Å². The molecule has 0 saturated heterocycles. The Morgan fingerprint density at radius 3 is 2.70 bits per heavy atom. The van der Waals surface area contributed by atoms with Crippen molar-refractivity contribution in [1.82, 2.24) is 5.16 Å². The van der Waals surface area contributed by atoms with Crippen LogP contribution in [0.3, 0.4) is 0 Å². The van der Waals surface area contributed by atoms with Crippen molar-refractivity contribution < 1.29 is 18.8 Å². The summed E-state index contributed by atoms with van der Waals surface area (Å²) in [4.78, 5) is 26.3. The number of rotatable bonds is 5. The van der Waals surface area contributed by atoms with E-state index in [1.165, 1.54) is 18.2 Å². The zero-order valence-corrected chi connectivity index (χ0v) is 13.1. The molecule has 6 heteroatoms. The first-order chi connectivity index (χ1) is 11.2. The molecular formula is C17H18N2O4. The van der Waals surface area contributed by atoms with E-state index in [0.29, 0.717) is 29.1 Å². The summed E-state index contributed by atoms with van der Waals surface area (Å²) < 4.78 is 10.1. The molecule has 0 bridgehead atoms. The lowest BCUT2D eigenvalue weighted by molar-refractivity contribution is 0.103. The molecule has 1 saturated carbocycles. The van der Waals surface area contributed by atoms with E-state index < -0.39 is 6.09 Å². The molecule has 0 spiro atoms. The van der Waals surface area contributed by atoms with E-state index in [1.807, 2.05) is 6.92 Å². The molecule has 6 nitrogen and oxygen atoms in total. The maximum absolute atomic E-state index is 12.9. The van der Waals surface area contributed by atoms with Gasteiger partial charge in [0.1, 0.15) is 0 Å². The number of benzene rings is 1. The van der Waals surface area contributed by atoms with Crippen molar-refractivity contribution >= 4 is 17.6 Å². The Bertz CT molecular complexity index is 734. The molecule has 1 aromatic heterocycles. The molecule has 1 aliphatic rings. The molecule has 120 valence electrons. The standard InChI is InChI=1S/C17H18N2O4/c1-3-19(17(21)22-2)14-7-5-4-6-12(14)15(20)13-10-18-23-16(13)11-8-9-11/h4-7,10-11H,3,8-9H2,1-2H3. The van der Waals surface area contributed by atoms with E-state index in [2.05, 4.69) is 5.16 Å². The largest absolute Gasteiger partial charge is 0.452 e. The van der Waals surface area contributed by atoms with E-state index in [1.54, 1.807) is 24.3 Å². The third kappa shape index (κ3) is 2.84. The number of carbonyl (C=O) groups is 2. The Labute approximate surface area is 134 Å². The van der Waals surface area contributed by atoms with Crippen LogP contribution in [0.25, 0.3) is 0 Å². The third-order valence-electron chi connectivity index (χ3n) is 3.94. The van der Waals surface area contributed by atoms with Crippen molar-refractivity contribution in [3.05, 3.63) is 47.3 Å². The lowest BCUT2D eigenvalue weighted by atomic mass is 10.0. The number of hydrogen-bond acceptors (Lipinski definition) is 5. The van der Waals surface area contributed by atoms with Crippen LogP contribution in [0.4, 0.5) is 10.5 Å². The van der Waals surface area contributed by atoms with E-state index in [9.17, 15) is 9.59 Å².